The average molecular weight is 266 g/mol. The summed E-state index contributed by atoms with van der Waals surface area (Å²) in [5, 5.41) is 0. The minimum absolute atomic E-state index is 0.0322. The Morgan fingerprint density at radius 1 is 1.47 bits per heavy atom. The zero-order valence-corrected chi connectivity index (χ0v) is 12.3. The molecule has 0 aliphatic carbocycles. The Morgan fingerprint density at radius 2 is 2.21 bits per heavy atom. The van der Waals surface area contributed by atoms with E-state index < -0.39 is 0 Å². The summed E-state index contributed by atoms with van der Waals surface area (Å²) >= 11 is 0. The van der Waals surface area contributed by atoms with Gasteiger partial charge in [-0.3, -0.25) is 4.79 Å². The maximum Gasteiger partial charge on any atom is 0.223 e. The van der Waals surface area contributed by atoms with Gasteiger partial charge in [0.05, 0.1) is 6.26 Å². The standard InChI is InChI=1S/C15H26N2O2/c1-4-9-17(12-15(2,3)11-16)14(18)8-7-13-6-5-10-19-13/h5-6,10H,4,7-9,11-12,16H2,1-3H3. The van der Waals surface area contributed by atoms with E-state index in [0.717, 1.165) is 18.7 Å². The molecule has 0 aromatic carbocycles. The molecule has 1 aromatic heterocycles. The van der Waals surface area contributed by atoms with Crippen molar-refractivity contribution in [2.24, 2.45) is 11.1 Å². The van der Waals surface area contributed by atoms with Crippen LogP contribution in [-0.4, -0.2) is 30.4 Å². The van der Waals surface area contributed by atoms with Gasteiger partial charge in [0.2, 0.25) is 5.91 Å². The molecule has 0 aliphatic rings. The van der Waals surface area contributed by atoms with Crippen LogP contribution in [0.5, 0.6) is 0 Å². The highest BCUT2D eigenvalue weighted by Gasteiger charge is 2.23. The van der Waals surface area contributed by atoms with Crippen LogP contribution >= 0.6 is 0 Å². The Balaban J connectivity index is 2.52. The van der Waals surface area contributed by atoms with E-state index >= 15 is 0 Å². The second kappa shape index (κ2) is 7.34. The van der Waals surface area contributed by atoms with Crippen LogP contribution in [0.2, 0.25) is 0 Å². The summed E-state index contributed by atoms with van der Waals surface area (Å²) in [6.07, 6.45) is 3.76. The zero-order valence-electron chi connectivity index (χ0n) is 12.3. The van der Waals surface area contributed by atoms with Gasteiger partial charge in [-0.1, -0.05) is 20.8 Å². The quantitative estimate of drug-likeness (QED) is 0.786. The average Bonchev–Trinajstić information content (AvgIpc) is 2.88. The van der Waals surface area contributed by atoms with Crippen molar-refractivity contribution < 1.29 is 9.21 Å². The van der Waals surface area contributed by atoms with Crippen molar-refractivity contribution in [3.05, 3.63) is 24.2 Å². The molecule has 0 saturated heterocycles. The number of furan rings is 1. The number of aryl methyl sites for hydroxylation is 1. The van der Waals surface area contributed by atoms with E-state index in [1.54, 1.807) is 6.26 Å². The van der Waals surface area contributed by atoms with E-state index in [0.29, 0.717) is 25.9 Å². The highest BCUT2D eigenvalue weighted by Crippen LogP contribution is 2.16. The van der Waals surface area contributed by atoms with E-state index in [1.165, 1.54) is 0 Å². The van der Waals surface area contributed by atoms with Gasteiger partial charge in [-0.25, -0.2) is 0 Å². The Bertz CT molecular complexity index is 372. The number of nitrogens with zero attached hydrogens (tertiary/aromatic N) is 1. The summed E-state index contributed by atoms with van der Waals surface area (Å²) in [6.45, 7) is 8.36. The number of hydrogen-bond acceptors (Lipinski definition) is 3. The van der Waals surface area contributed by atoms with Crippen LogP contribution in [0.4, 0.5) is 0 Å². The monoisotopic (exact) mass is 266 g/mol. The van der Waals surface area contributed by atoms with Crippen molar-refractivity contribution in [3.8, 4) is 0 Å². The fourth-order valence-electron chi connectivity index (χ4n) is 1.99. The van der Waals surface area contributed by atoms with Crippen molar-refractivity contribution in [2.45, 2.75) is 40.0 Å². The summed E-state index contributed by atoms with van der Waals surface area (Å²) in [7, 11) is 0. The molecule has 4 heteroatoms. The number of nitrogens with two attached hydrogens (primary N) is 1. The van der Waals surface area contributed by atoms with Crippen molar-refractivity contribution >= 4 is 5.91 Å². The highest BCUT2D eigenvalue weighted by molar-refractivity contribution is 5.76. The molecule has 1 amide bonds. The molecule has 0 atom stereocenters. The molecule has 0 aliphatic heterocycles. The predicted octanol–water partition coefficient (Wildman–Crippen LogP) is 2.44. The Hall–Kier alpha value is -1.29. The lowest BCUT2D eigenvalue weighted by Gasteiger charge is -2.31. The van der Waals surface area contributed by atoms with Crippen LogP contribution in [0.25, 0.3) is 0 Å². The molecule has 2 N–H and O–H groups in total. The van der Waals surface area contributed by atoms with E-state index in [2.05, 4.69) is 20.8 Å². The van der Waals surface area contributed by atoms with Gasteiger partial charge < -0.3 is 15.1 Å². The lowest BCUT2D eigenvalue weighted by Crippen LogP contribution is -2.42. The maximum absolute atomic E-state index is 12.3. The molecule has 19 heavy (non-hydrogen) atoms. The third-order valence-electron chi connectivity index (χ3n) is 3.18. The largest absolute Gasteiger partial charge is 0.469 e. The lowest BCUT2D eigenvalue weighted by atomic mass is 9.93. The summed E-state index contributed by atoms with van der Waals surface area (Å²) in [6, 6.07) is 3.75. The molecular weight excluding hydrogens is 240 g/mol. The third kappa shape index (κ3) is 5.47. The summed E-state index contributed by atoms with van der Waals surface area (Å²) in [5.74, 6) is 1.04. The number of amides is 1. The molecule has 0 saturated carbocycles. The van der Waals surface area contributed by atoms with Crippen molar-refractivity contribution in [1.82, 2.24) is 4.90 Å². The molecule has 1 heterocycles. The Labute approximate surface area is 116 Å². The molecule has 4 nitrogen and oxygen atoms in total. The van der Waals surface area contributed by atoms with Crippen LogP contribution in [-0.2, 0) is 11.2 Å². The van der Waals surface area contributed by atoms with Crippen molar-refractivity contribution in [1.29, 1.82) is 0 Å². The Morgan fingerprint density at radius 3 is 2.74 bits per heavy atom. The second-order valence-electron chi connectivity index (χ2n) is 5.76. The summed E-state index contributed by atoms with van der Waals surface area (Å²) in [5.41, 5.74) is 5.72. The van der Waals surface area contributed by atoms with E-state index in [4.69, 9.17) is 10.2 Å². The number of carbonyl (C=O) groups is 1. The number of hydrogen-bond donors (Lipinski definition) is 1. The summed E-state index contributed by atoms with van der Waals surface area (Å²) < 4.78 is 5.25. The first-order chi connectivity index (χ1) is 8.98. The van der Waals surface area contributed by atoms with Gasteiger partial charge in [0.25, 0.3) is 0 Å². The first kappa shape index (κ1) is 15.8. The van der Waals surface area contributed by atoms with Crippen molar-refractivity contribution in [2.75, 3.05) is 19.6 Å². The first-order valence-corrected chi connectivity index (χ1v) is 6.98. The topological polar surface area (TPSA) is 59.5 Å². The number of carbonyl (C=O) groups excluding carboxylic acids is 1. The number of rotatable bonds is 8. The van der Waals surface area contributed by atoms with Crippen LogP contribution in [0.3, 0.4) is 0 Å². The SMILES string of the molecule is CCCN(CC(C)(C)CN)C(=O)CCc1ccco1. The molecule has 0 fully saturated rings. The molecule has 0 radical (unpaired) electrons. The second-order valence-corrected chi connectivity index (χ2v) is 5.76. The first-order valence-electron chi connectivity index (χ1n) is 6.98. The van der Waals surface area contributed by atoms with Gasteiger partial charge >= 0.3 is 0 Å². The molecule has 0 unspecified atom stereocenters. The predicted molar refractivity (Wildman–Crippen MR) is 76.7 cm³/mol. The van der Waals surface area contributed by atoms with Crippen LogP contribution in [0.15, 0.2) is 22.8 Å². The highest BCUT2D eigenvalue weighted by atomic mass is 16.3. The fourth-order valence-corrected chi connectivity index (χ4v) is 1.99. The molecule has 0 bridgehead atoms. The van der Waals surface area contributed by atoms with Crippen LogP contribution in [0, 0.1) is 5.41 Å². The van der Waals surface area contributed by atoms with Gasteiger partial charge in [0.15, 0.2) is 0 Å². The molecule has 1 rings (SSSR count). The maximum atomic E-state index is 12.3. The minimum Gasteiger partial charge on any atom is -0.469 e. The van der Waals surface area contributed by atoms with Crippen LogP contribution in [0.1, 0.15) is 39.4 Å². The van der Waals surface area contributed by atoms with Crippen LogP contribution < -0.4 is 5.73 Å². The molecule has 1 aromatic rings. The summed E-state index contributed by atoms with van der Waals surface area (Å²) in [4.78, 5) is 14.2. The van der Waals surface area contributed by atoms with Gasteiger partial charge in [-0.15, -0.1) is 0 Å². The van der Waals surface area contributed by atoms with Gasteiger partial charge in [-0.05, 0) is 30.5 Å². The molecular formula is C15H26N2O2. The van der Waals surface area contributed by atoms with Gasteiger partial charge in [0.1, 0.15) is 5.76 Å². The fraction of sp³-hybridized carbons (Fsp3) is 0.667. The smallest absolute Gasteiger partial charge is 0.223 e. The third-order valence-corrected chi connectivity index (χ3v) is 3.18. The van der Waals surface area contributed by atoms with E-state index in [-0.39, 0.29) is 11.3 Å². The molecule has 108 valence electrons. The van der Waals surface area contributed by atoms with E-state index in [1.807, 2.05) is 17.0 Å². The Kier molecular flexibility index (Phi) is 6.09. The van der Waals surface area contributed by atoms with Crippen molar-refractivity contribution in [3.63, 3.8) is 0 Å². The van der Waals surface area contributed by atoms with Gasteiger partial charge in [-0.2, -0.15) is 0 Å². The lowest BCUT2D eigenvalue weighted by molar-refractivity contribution is -0.132. The zero-order chi connectivity index (χ0) is 14.3. The van der Waals surface area contributed by atoms with E-state index in [9.17, 15) is 4.79 Å². The van der Waals surface area contributed by atoms with Gasteiger partial charge in [0, 0.05) is 25.9 Å². The normalized spacial score (nSPS) is 11.6. The minimum atomic E-state index is -0.0322. The molecule has 0 spiro atoms.